The molecule has 1 aromatic heterocycles. The highest BCUT2D eigenvalue weighted by Crippen LogP contribution is 2.29. The van der Waals surface area contributed by atoms with Gasteiger partial charge in [-0.3, -0.25) is 4.68 Å². The molecule has 86 valence electrons. The number of hydrogen-bond donors (Lipinski definition) is 1. The van der Waals surface area contributed by atoms with Gasteiger partial charge in [0, 0.05) is 13.6 Å². The van der Waals surface area contributed by atoms with E-state index in [1.54, 1.807) is 4.68 Å². The van der Waals surface area contributed by atoms with Crippen molar-refractivity contribution in [3.63, 3.8) is 0 Å². The zero-order valence-electron chi connectivity index (χ0n) is 9.64. The molecule has 5 heteroatoms. The van der Waals surface area contributed by atoms with E-state index in [0.717, 1.165) is 30.9 Å². The zero-order chi connectivity index (χ0) is 11.7. The molecule has 0 aromatic carbocycles. The number of anilines is 1. The van der Waals surface area contributed by atoms with E-state index in [2.05, 4.69) is 16.1 Å². The van der Waals surface area contributed by atoms with Gasteiger partial charge in [0.1, 0.15) is 17.5 Å². The summed E-state index contributed by atoms with van der Waals surface area (Å²) in [6.07, 6.45) is 2.03. The van der Waals surface area contributed by atoms with Crippen LogP contribution in [0.25, 0.3) is 0 Å². The highest BCUT2D eigenvalue weighted by Gasteiger charge is 2.29. The van der Waals surface area contributed by atoms with E-state index in [9.17, 15) is 5.11 Å². The molecular formula is C11H16N4O. The second-order valence-electron chi connectivity index (χ2n) is 4.19. The van der Waals surface area contributed by atoms with Gasteiger partial charge in [0.15, 0.2) is 0 Å². The van der Waals surface area contributed by atoms with Crippen LogP contribution < -0.4 is 4.90 Å². The van der Waals surface area contributed by atoms with Crippen LogP contribution in [0.1, 0.15) is 24.1 Å². The molecule has 0 aliphatic carbocycles. The number of aryl methyl sites for hydroxylation is 2. The van der Waals surface area contributed by atoms with Gasteiger partial charge in [0.25, 0.3) is 0 Å². The maximum absolute atomic E-state index is 9.30. The average Bonchev–Trinajstić information content (AvgIpc) is 2.81. The first-order valence-corrected chi connectivity index (χ1v) is 5.50. The average molecular weight is 220 g/mol. The third kappa shape index (κ3) is 1.55. The first-order chi connectivity index (χ1) is 7.69. The number of nitrogens with zero attached hydrogens (tertiary/aromatic N) is 4. The fourth-order valence-electron chi connectivity index (χ4n) is 2.41. The predicted molar refractivity (Wildman–Crippen MR) is 60.1 cm³/mol. The van der Waals surface area contributed by atoms with E-state index in [4.69, 9.17) is 5.26 Å². The first-order valence-electron chi connectivity index (χ1n) is 5.50. The SMILES string of the molecule is Cc1nn(C)c(N2CCCC2CO)c1C#N. The lowest BCUT2D eigenvalue weighted by atomic mass is 10.2. The van der Waals surface area contributed by atoms with Gasteiger partial charge in [-0.25, -0.2) is 0 Å². The second kappa shape index (κ2) is 4.14. The Labute approximate surface area is 94.9 Å². The fourth-order valence-corrected chi connectivity index (χ4v) is 2.41. The minimum absolute atomic E-state index is 0.127. The van der Waals surface area contributed by atoms with Crippen LogP contribution in [0.3, 0.4) is 0 Å². The van der Waals surface area contributed by atoms with Gasteiger partial charge in [0.2, 0.25) is 0 Å². The van der Waals surface area contributed by atoms with Crippen LogP contribution in [0.4, 0.5) is 5.82 Å². The third-order valence-corrected chi connectivity index (χ3v) is 3.16. The molecule has 16 heavy (non-hydrogen) atoms. The molecular weight excluding hydrogens is 204 g/mol. The molecule has 5 nitrogen and oxygen atoms in total. The molecule has 1 aliphatic heterocycles. The maximum Gasteiger partial charge on any atom is 0.145 e. The van der Waals surface area contributed by atoms with Gasteiger partial charge in [-0.15, -0.1) is 0 Å². The van der Waals surface area contributed by atoms with Crippen LogP contribution in [0.5, 0.6) is 0 Å². The van der Waals surface area contributed by atoms with E-state index >= 15 is 0 Å². The molecule has 0 bridgehead atoms. The van der Waals surface area contributed by atoms with E-state index in [-0.39, 0.29) is 12.6 Å². The van der Waals surface area contributed by atoms with Crippen molar-refractivity contribution < 1.29 is 5.11 Å². The van der Waals surface area contributed by atoms with Crippen LogP contribution in [0, 0.1) is 18.3 Å². The van der Waals surface area contributed by atoms with Crippen molar-refractivity contribution in [2.75, 3.05) is 18.1 Å². The smallest absolute Gasteiger partial charge is 0.145 e. The van der Waals surface area contributed by atoms with Crippen molar-refractivity contribution in [2.45, 2.75) is 25.8 Å². The van der Waals surface area contributed by atoms with E-state index < -0.39 is 0 Å². The highest BCUT2D eigenvalue weighted by molar-refractivity contribution is 5.58. The van der Waals surface area contributed by atoms with Gasteiger partial charge in [-0.2, -0.15) is 10.4 Å². The molecule has 0 amide bonds. The Morgan fingerprint density at radius 2 is 2.38 bits per heavy atom. The summed E-state index contributed by atoms with van der Waals surface area (Å²) in [5.41, 5.74) is 1.38. The lowest BCUT2D eigenvalue weighted by Gasteiger charge is -2.25. The molecule has 1 N–H and O–H groups in total. The lowest BCUT2D eigenvalue weighted by molar-refractivity contribution is 0.265. The molecule has 0 radical (unpaired) electrons. The molecule has 0 saturated carbocycles. The number of rotatable bonds is 2. The van der Waals surface area contributed by atoms with Gasteiger partial charge in [0.05, 0.1) is 18.3 Å². The standard InChI is InChI=1S/C11H16N4O/c1-8-10(6-12)11(14(2)13-8)15-5-3-4-9(15)7-16/h9,16H,3-5,7H2,1-2H3. The third-order valence-electron chi connectivity index (χ3n) is 3.16. The van der Waals surface area contributed by atoms with Crippen molar-refractivity contribution >= 4 is 5.82 Å². The van der Waals surface area contributed by atoms with Crippen LogP contribution in [0.2, 0.25) is 0 Å². The van der Waals surface area contributed by atoms with Crippen LogP contribution >= 0.6 is 0 Å². The van der Waals surface area contributed by atoms with Crippen LogP contribution in [-0.4, -0.2) is 34.1 Å². The minimum atomic E-state index is 0.127. The molecule has 1 aliphatic rings. The van der Waals surface area contributed by atoms with Gasteiger partial charge >= 0.3 is 0 Å². The molecule has 1 fully saturated rings. The van der Waals surface area contributed by atoms with E-state index in [1.807, 2.05) is 14.0 Å². The molecule has 1 aromatic rings. The van der Waals surface area contributed by atoms with Crippen molar-refractivity contribution in [2.24, 2.45) is 7.05 Å². The summed E-state index contributed by atoms with van der Waals surface area (Å²) in [6, 6.07) is 2.33. The lowest BCUT2D eigenvalue weighted by Crippen LogP contribution is -2.34. The Morgan fingerprint density at radius 1 is 1.62 bits per heavy atom. The van der Waals surface area contributed by atoms with Gasteiger partial charge < -0.3 is 10.0 Å². The Bertz CT molecular complexity index is 432. The summed E-state index contributed by atoms with van der Waals surface area (Å²) >= 11 is 0. The number of nitriles is 1. The zero-order valence-corrected chi connectivity index (χ0v) is 9.64. The fraction of sp³-hybridized carbons (Fsp3) is 0.636. The van der Waals surface area contributed by atoms with E-state index in [1.165, 1.54) is 0 Å². The number of aromatic nitrogens is 2. The number of aliphatic hydroxyl groups is 1. The molecule has 1 atom stereocenters. The predicted octanol–water partition coefficient (Wildman–Crippen LogP) is 0.561. The summed E-state index contributed by atoms with van der Waals surface area (Å²) in [5.74, 6) is 0.844. The minimum Gasteiger partial charge on any atom is -0.394 e. The second-order valence-corrected chi connectivity index (χ2v) is 4.19. The topological polar surface area (TPSA) is 65.1 Å². The summed E-state index contributed by atoms with van der Waals surface area (Å²) in [5, 5.41) is 22.7. The Hall–Kier alpha value is -1.54. The summed E-state index contributed by atoms with van der Waals surface area (Å²) in [6.45, 7) is 2.86. The van der Waals surface area contributed by atoms with Crippen molar-refractivity contribution in [1.29, 1.82) is 5.26 Å². The summed E-state index contributed by atoms with van der Waals surface area (Å²) in [7, 11) is 1.84. The maximum atomic E-state index is 9.30. The Kier molecular flexibility index (Phi) is 2.84. The van der Waals surface area contributed by atoms with Gasteiger partial charge in [-0.1, -0.05) is 0 Å². The summed E-state index contributed by atoms with van der Waals surface area (Å²) in [4.78, 5) is 2.10. The Balaban J connectivity index is 2.43. The monoisotopic (exact) mass is 220 g/mol. The first kappa shape index (κ1) is 11.0. The van der Waals surface area contributed by atoms with Crippen molar-refractivity contribution in [1.82, 2.24) is 9.78 Å². The molecule has 2 heterocycles. The van der Waals surface area contributed by atoms with Crippen LogP contribution in [0.15, 0.2) is 0 Å². The largest absolute Gasteiger partial charge is 0.394 e. The molecule has 1 saturated heterocycles. The van der Waals surface area contributed by atoms with Crippen molar-refractivity contribution in [3.05, 3.63) is 11.3 Å². The van der Waals surface area contributed by atoms with Crippen LogP contribution in [-0.2, 0) is 7.05 Å². The molecule has 1 unspecified atom stereocenters. The van der Waals surface area contributed by atoms with E-state index in [0.29, 0.717) is 5.56 Å². The summed E-state index contributed by atoms with van der Waals surface area (Å²) < 4.78 is 1.74. The molecule has 2 rings (SSSR count). The number of aliphatic hydroxyl groups excluding tert-OH is 1. The Morgan fingerprint density at radius 3 is 3.00 bits per heavy atom. The highest BCUT2D eigenvalue weighted by atomic mass is 16.3. The van der Waals surface area contributed by atoms with Crippen molar-refractivity contribution in [3.8, 4) is 6.07 Å². The van der Waals surface area contributed by atoms with Gasteiger partial charge in [-0.05, 0) is 19.8 Å². The molecule has 0 spiro atoms. The number of hydrogen-bond acceptors (Lipinski definition) is 4. The normalized spacial score (nSPS) is 20.1. The quantitative estimate of drug-likeness (QED) is 0.791.